The van der Waals surface area contributed by atoms with Crippen molar-refractivity contribution in [3.63, 3.8) is 0 Å². The van der Waals surface area contributed by atoms with E-state index in [0.717, 1.165) is 6.42 Å². The van der Waals surface area contributed by atoms with Crippen LogP contribution in [-0.4, -0.2) is 18.6 Å². The van der Waals surface area contributed by atoms with Crippen LogP contribution in [0.5, 0.6) is 5.75 Å². The maximum atomic E-state index is 12.1. The summed E-state index contributed by atoms with van der Waals surface area (Å²) in [7, 11) is 1.52. The highest BCUT2D eigenvalue weighted by atomic mass is 16.5. The fourth-order valence-corrected chi connectivity index (χ4v) is 1.42. The molecule has 4 nitrogen and oxygen atoms in total. The SMILES string of the molecule is CCC(C)(C)NC(=O)c1c(N)cccc1OC. The zero-order valence-electron chi connectivity index (χ0n) is 10.8. The summed E-state index contributed by atoms with van der Waals surface area (Å²) in [5, 5.41) is 2.94. The van der Waals surface area contributed by atoms with Crippen molar-refractivity contribution in [2.45, 2.75) is 32.7 Å². The number of hydrogen-bond acceptors (Lipinski definition) is 3. The Morgan fingerprint density at radius 2 is 2.12 bits per heavy atom. The van der Waals surface area contributed by atoms with E-state index in [1.54, 1.807) is 18.2 Å². The van der Waals surface area contributed by atoms with E-state index in [1.165, 1.54) is 7.11 Å². The van der Waals surface area contributed by atoms with E-state index < -0.39 is 0 Å². The van der Waals surface area contributed by atoms with Crippen LogP contribution in [0.2, 0.25) is 0 Å². The quantitative estimate of drug-likeness (QED) is 0.788. The summed E-state index contributed by atoms with van der Waals surface area (Å²) in [6.45, 7) is 5.96. The number of carbonyl (C=O) groups excluding carboxylic acids is 1. The molecule has 0 aliphatic carbocycles. The van der Waals surface area contributed by atoms with E-state index in [0.29, 0.717) is 17.0 Å². The predicted octanol–water partition coefficient (Wildman–Crippen LogP) is 2.20. The molecule has 1 amide bonds. The maximum Gasteiger partial charge on any atom is 0.257 e. The van der Waals surface area contributed by atoms with E-state index in [2.05, 4.69) is 5.32 Å². The lowest BCUT2D eigenvalue weighted by Crippen LogP contribution is -2.43. The Morgan fingerprint density at radius 1 is 1.47 bits per heavy atom. The number of benzene rings is 1. The molecular weight excluding hydrogens is 216 g/mol. The van der Waals surface area contributed by atoms with Gasteiger partial charge in [-0.25, -0.2) is 0 Å². The first-order valence-corrected chi connectivity index (χ1v) is 5.66. The fraction of sp³-hybridized carbons (Fsp3) is 0.462. The Kier molecular flexibility index (Phi) is 3.99. The van der Waals surface area contributed by atoms with Crippen LogP contribution < -0.4 is 15.8 Å². The summed E-state index contributed by atoms with van der Waals surface area (Å²) >= 11 is 0. The van der Waals surface area contributed by atoms with Crippen molar-refractivity contribution >= 4 is 11.6 Å². The van der Waals surface area contributed by atoms with Gasteiger partial charge in [0, 0.05) is 11.2 Å². The van der Waals surface area contributed by atoms with Crippen LogP contribution in [-0.2, 0) is 0 Å². The molecule has 1 aromatic rings. The first-order chi connectivity index (χ1) is 7.91. The first-order valence-electron chi connectivity index (χ1n) is 5.66. The minimum Gasteiger partial charge on any atom is -0.496 e. The zero-order valence-corrected chi connectivity index (χ0v) is 10.8. The summed E-state index contributed by atoms with van der Waals surface area (Å²) in [5.41, 5.74) is 6.38. The lowest BCUT2D eigenvalue weighted by atomic mass is 10.0. The first kappa shape index (κ1) is 13.4. The molecule has 0 radical (unpaired) electrons. The molecule has 4 heteroatoms. The van der Waals surface area contributed by atoms with Crippen LogP contribution in [0.25, 0.3) is 0 Å². The highest BCUT2D eigenvalue weighted by Gasteiger charge is 2.22. The van der Waals surface area contributed by atoms with Crippen LogP contribution in [0.4, 0.5) is 5.69 Å². The molecule has 0 aliphatic heterocycles. The Labute approximate surface area is 102 Å². The lowest BCUT2D eigenvalue weighted by Gasteiger charge is -2.25. The molecule has 17 heavy (non-hydrogen) atoms. The van der Waals surface area contributed by atoms with Crippen molar-refractivity contribution in [2.75, 3.05) is 12.8 Å². The van der Waals surface area contributed by atoms with Crippen molar-refractivity contribution < 1.29 is 9.53 Å². The second kappa shape index (κ2) is 5.08. The van der Waals surface area contributed by atoms with Crippen molar-refractivity contribution in [3.05, 3.63) is 23.8 Å². The average molecular weight is 236 g/mol. The third kappa shape index (κ3) is 3.12. The molecule has 94 valence electrons. The monoisotopic (exact) mass is 236 g/mol. The Bertz CT molecular complexity index is 414. The third-order valence-electron chi connectivity index (χ3n) is 2.84. The van der Waals surface area contributed by atoms with E-state index in [4.69, 9.17) is 10.5 Å². The molecule has 3 N–H and O–H groups in total. The van der Waals surface area contributed by atoms with Gasteiger partial charge in [-0.15, -0.1) is 0 Å². The smallest absolute Gasteiger partial charge is 0.257 e. The van der Waals surface area contributed by atoms with Crippen LogP contribution in [0, 0.1) is 0 Å². The number of rotatable bonds is 4. The molecule has 0 fully saturated rings. The standard InChI is InChI=1S/C13H20N2O2/c1-5-13(2,3)15-12(16)11-9(14)7-6-8-10(11)17-4/h6-8H,5,14H2,1-4H3,(H,15,16). The summed E-state index contributed by atoms with van der Waals surface area (Å²) in [6, 6.07) is 5.18. The number of nitrogen functional groups attached to an aromatic ring is 1. The summed E-state index contributed by atoms with van der Waals surface area (Å²) in [5.74, 6) is 0.293. The minimum absolute atomic E-state index is 0.202. The van der Waals surface area contributed by atoms with Gasteiger partial charge in [-0.3, -0.25) is 4.79 Å². The molecule has 0 atom stereocenters. The molecule has 0 saturated carbocycles. The Balaban J connectivity index is 3.04. The van der Waals surface area contributed by atoms with Crippen molar-refractivity contribution in [1.29, 1.82) is 0 Å². The number of methoxy groups -OCH3 is 1. The second-order valence-corrected chi connectivity index (χ2v) is 4.62. The Hall–Kier alpha value is -1.71. The van der Waals surface area contributed by atoms with E-state index in [1.807, 2.05) is 20.8 Å². The van der Waals surface area contributed by atoms with Crippen molar-refractivity contribution in [1.82, 2.24) is 5.32 Å². The van der Waals surface area contributed by atoms with E-state index in [9.17, 15) is 4.79 Å². The highest BCUT2D eigenvalue weighted by molar-refractivity contribution is 6.02. The van der Waals surface area contributed by atoms with Crippen LogP contribution in [0.3, 0.4) is 0 Å². The lowest BCUT2D eigenvalue weighted by molar-refractivity contribution is 0.0909. The van der Waals surface area contributed by atoms with Crippen molar-refractivity contribution in [3.8, 4) is 5.75 Å². The Morgan fingerprint density at radius 3 is 2.65 bits per heavy atom. The maximum absolute atomic E-state index is 12.1. The average Bonchev–Trinajstić information content (AvgIpc) is 2.27. The van der Waals surface area contributed by atoms with Gasteiger partial charge in [-0.1, -0.05) is 13.0 Å². The van der Waals surface area contributed by atoms with Gasteiger partial charge in [0.05, 0.1) is 7.11 Å². The number of nitrogens with one attached hydrogen (secondary N) is 1. The van der Waals surface area contributed by atoms with Gasteiger partial charge in [0.1, 0.15) is 11.3 Å². The fourth-order valence-electron chi connectivity index (χ4n) is 1.42. The van der Waals surface area contributed by atoms with E-state index in [-0.39, 0.29) is 11.4 Å². The van der Waals surface area contributed by atoms with Gasteiger partial charge in [0.25, 0.3) is 5.91 Å². The number of nitrogens with two attached hydrogens (primary N) is 1. The van der Waals surface area contributed by atoms with Crippen LogP contribution in [0.1, 0.15) is 37.6 Å². The van der Waals surface area contributed by atoms with Gasteiger partial charge in [-0.05, 0) is 32.4 Å². The molecule has 0 spiro atoms. The molecule has 0 heterocycles. The van der Waals surface area contributed by atoms with Gasteiger partial charge in [0.15, 0.2) is 0 Å². The van der Waals surface area contributed by atoms with Gasteiger partial charge in [-0.2, -0.15) is 0 Å². The molecular formula is C13H20N2O2. The number of hydrogen-bond donors (Lipinski definition) is 2. The largest absolute Gasteiger partial charge is 0.496 e. The zero-order chi connectivity index (χ0) is 13.1. The van der Waals surface area contributed by atoms with Gasteiger partial charge >= 0.3 is 0 Å². The number of amides is 1. The normalized spacial score (nSPS) is 11.1. The number of carbonyl (C=O) groups is 1. The number of anilines is 1. The molecule has 1 aromatic carbocycles. The van der Waals surface area contributed by atoms with Crippen LogP contribution >= 0.6 is 0 Å². The van der Waals surface area contributed by atoms with Gasteiger partial charge < -0.3 is 15.8 Å². The molecule has 0 bridgehead atoms. The topological polar surface area (TPSA) is 64.4 Å². The summed E-state index contributed by atoms with van der Waals surface area (Å²) < 4.78 is 5.15. The number of ether oxygens (including phenoxy) is 1. The van der Waals surface area contributed by atoms with Crippen molar-refractivity contribution in [2.24, 2.45) is 0 Å². The van der Waals surface area contributed by atoms with Crippen LogP contribution in [0.15, 0.2) is 18.2 Å². The third-order valence-corrected chi connectivity index (χ3v) is 2.84. The molecule has 0 aromatic heterocycles. The summed E-state index contributed by atoms with van der Waals surface area (Å²) in [6.07, 6.45) is 0.841. The molecule has 0 saturated heterocycles. The molecule has 1 rings (SSSR count). The summed E-state index contributed by atoms with van der Waals surface area (Å²) in [4.78, 5) is 12.1. The second-order valence-electron chi connectivity index (χ2n) is 4.62. The molecule has 0 unspecified atom stereocenters. The van der Waals surface area contributed by atoms with E-state index >= 15 is 0 Å². The highest BCUT2D eigenvalue weighted by Crippen LogP contribution is 2.24. The van der Waals surface area contributed by atoms with Gasteiger partial charge in [0.2, 0.25) is 0 Å². The molecule has 0 aliphatic rings. The predicted molar refractivity (Wildman–Crippen MR) is 69.2 cm³/mol. The minimum atomic E-state index is -0.260.